The molecule has 116 valence electrons. The Morgan fingerprint density at radius 1 is 1.48 bits per heavy atom. The van der Waals surface area contributed by atoms with Crippen LogP contribution in [0, 0.1) is 11.3 Å². The van der Waals surface area contributed by atoms with E-state index in [0.717, 1.165) is 30.9 Å². The minimum absolute atomic E-state index is 0.00694. The number of anilines is 1. The first-order chi connectivity index (χ1) is 10.0. The van der Waals surface area contributed by atoms with Gasteiger partial charge in [-0.3, -0.25) is 5.32 Å². The zero-order chi connectivity index (χ0) is 15.0. The summed E-state index contributed by atoms with van der Waals surface area (Å²) in [7, 11) is 0. The summed E-state index contributed by atoms with van der Waals surface area (Å²) in [6.45, 7) is 7.19. The third-order valence-corrected chi connectivity index (χ3v) is 5.44. The molecule has 3 atom stereocenters. The number of ether oxygens (including phenoxy) is 1. The number of aromatic nitrogens is 2. The van der Waals surface area contributed by atoms with Gasteiger partial charge in [0.2, 0.25) is 5.13 Å². The average molecular weight is 310 g/mol. The fourth-order valence-electron chi connectivity index (χ4n) is 3.51. The maximum atomic E-state index is 12.1. The largest absolute Gasteiger partial charge is 0.377 e. The van der Waals surface area contributed by atoms with Crippen molar-refractivity contribution in [2.75, 3.05) is 11.9 Å². The highest BCUT2D eigenvalue weighted by Crippen LogP contribution is 2.52. The number of rotatable bonds is 4. The summed E-state index contributed by atoms with van der Waals surface area (Å²) in [5.41, 5.74) is -0.00694. The fraction of sp³-hybridized carbons (Fsp3) is 0.786. The lowest BCUT2D eigenvalue weighted by molar-refractivity contribution is -0.107. The van der Waals surface area contributed by atoms with Crippen LogP contribution in [0.3, 0.4) is 0 Å². The van der Waals surface area contributed by atoms with E-state index in [0.29, 0.717) is 11.0 Å². The highest BCUT2D eigenvalue weighted by Gasteiger charge is 2.59. The SMILES string of the molecule is CCCc1nnc(NC(=O)N[C@@H]2[C@@H]3CCO[C@H]3C2(C)C)s1. The van der Waals surface area contributed by atoms with Crippen LogP contribution in [-0.4, -0.2) is 35.0 Å². The van der Waals surface area contributed by atoms with Gasteiger partial charge in [-0.2, -0.15) is 0 Å². The zero-order valence-corrected chi connectivity index (χ0v) is 13.5. The molecule has 21 heavy (non-hydrogen) atoms. The van der Waals surface area contributed by atoms with Crippen LogP contribution in [-0.2, 0) is 11.2 Å². The van der Waals surface area contributed by atoms with Crippen molar-refractivity contribution < 1.29 is 9.53 Å². The van der Waals surface area contributed by atoms with Crippen LogP contribution in [0.4, 0.5) is 9.93 Å². The van der Waals surface area contributed by atoms with Gasteiger partial charge in [-0.25, -0.2) is 4.79 Å². The first kappa shape index (κ1) is 14.7. The molecule has 7 heteroatoms. The second kappa shape index (κ2) is 5.53. The number of fused-ring (bicyclic) bond motifs is 1. The predicted molar refractivity (Wildman–Crippen MR) is 81.5 cm³/mol. The van der Waals surface area contributed by atoms with E-state index in [-0.39, 0.29) is 23.6 Å². The molecule has 6 nitrogen and oxygen atoms in total. The molecular formula is C14H22N4O2S. The van der Waals surface area contributed by atoms with Gasteiger partial charge in [-0.1, -0.05) is 32.1 Å². The van der Waals surface area contributed by atoms with Crippen molar-refractivity contribution >= 4 is 22.5 Å². The van der Waals surface area contributed by atoms with Crippen molar-refractivity contribution in [3.8, 4) is 0 Å². The number of hydrogen-bond acceptors (Lipinski definition) is 5. The number of urea groups is 1. The van der Waals surface area contributed by atoms with Crippen LogP contribution in [0.15, 0.2) is 0 Å². The Morgan fingerprint density at radius 3 is 3.05 bits per heavy atom. The third-order valence-electron chi connectivity index (χ3n) is 4.54. The summed E-state index contributed by atoms with van der Waals surface area (Å²) in [5, 5.41) is 15.5. The first-order valence-corrected chi connectivity index (χ1v) is 8.35. The van der Waals surface area contributed by atoms with Crippen LogP contribution in [0.1, 0.15) is 38.6 Å². The first-order valence-electron chi connectivity index (χ1n) is 7.54. The topological polar surface area (TPSA) is 76.1 Å². The summed E-state index contributed by atoms with van der Waals surface area (Å²) in [4.78, 5) is 12.1. The molecule has 1 saturated heterocycles. The highest BCUT2D eigenvalue weighted by molar-refractivity contribution is 7.15. The zero-order valence-electron chi connectivity index (χ0n) is 12.7. The lowest BCUT2D eigenvalue weighted by atomic mass is 9.57. The third kappa shape index (κ3) is 2.64. The molecule has 0 aromatic carbocycles. The number of amides is 2. The van der Waals surface area contributed by atoms with Crippen molar-refractivity contribution in [1.82, 2.24) is 15.5 Å². The standard InChI is InChI=1S/C14H22N4O2S/c1-4-5-9-17-18-13(21-9)16-12(19)15-10-8-6-7-20-11(8)14(10,2)3/h8,10-11H,4-7H2,1-3H3,(H2,15,16,18,19)/t8-,10+,11+/m0/s1. The van der Waals surface area contributed by atoms with Crippen molar-refractivity contribution in [2.45, 2.75) is 52.2 Å². The molecule has 0 spiro atoms. The Balaban J connectivity index is 1.56. The van der Waals surface area contributed by atoms with Gasteiger partial charge in [0.15, 0.2) is 0 Å². The predicted octanol–water partition coefficient (Wildman–Crippen LogP) is 2.43. The Kier molecular flexibility index (Phi) is 3.88. The molecule has 2 aliphatic rings. The number of nitrogens with one attached hydrogen (secondary N) is 2. The van der Waals surface area contributed by atoms with Crippen LogP contribution in [0.2, 0.25) is 0 Å². The number of aryl methyl sites for hydroxylation is 1. The molecule has 2 amide bonds. The van der Waals surface area contributed by atoms with Gasteiger partial charge < -0.3 is 10.1 Å². The highest BCUT2D eigenvalue weighted by atomic mass is 32.1. The molecule has 1 saturated carbocycles. The summed E-state index contributed by atoms with van der Waals surface area (Å²) in [6, 6.07) is -0.0364. The van der Waals surface area contributed by atoms with Gasteiger partial charge in [-0.05, 0) is 12.8 Å². The Labute approximate surface area is 128 Å². The van der Waals surface area contributed by atoms with Crippen LogP contribution in [0.25, 0.3) is 0 Å². The van der Waals surface area contributed by atoms with E-state index >= 15 is 0 Å². The molecule has 1 aromatic rings. The number of hydrogen-bond donors (Lipinski definition) is 2. The smallest absolute Gasteiger partial charge is 0.321 e. The normalized spacial score (nSPS) is 29.6. The average Bonchev–Trinajstić information content (AvgIpc) is 3.05. The van der Waals surface area contributed by atoms with E-state index < -0.39 is 0 Å². The Morgan fingerprint density at radius 2 is 2.29 bits per heavy atom. The monoisotopic (exact) mass is 310 g/mol. The minimum atomic E-state index is -0.197. The van der Waals surface area contributed by atoms with Crippen molar-refractivity contribution in [3.05, 3.63) is 5.01 Å². The van der Waals surface area contributed by atoms with Crippen LogP contribution < -0.4 is 10.6 Å². The number of carbonyl (C=O) groups excluding carboxylic acids is 1. The van der Waals surface area contributed by atoms with Gasteiger partial charge in [0.25, 0.3) is 0 Å². The van der Waals surface area contributed by atoms with Crippen LogP contribution >= 0.6 is 11.3 Å². The Bertz CT molecular complexity index is 531. The number of nitrogens with zero attached hydrogens (tertiary/aromatic N) is 2. The molecule has 1 aromatic heterocycles. The Hall–Kier alpha value is -1.21. The minimum Gasteiger partial charge on any atom is -0.377 e. The van der Waals surface area contributed by atoms with Crippen molar-refractivity contribution in [3.63, 3.8) is 0 Å². The molecule has 3 rings (SSSR count). The molecule has 2 heterocycles. The lowest BCUT2D eigenvalue weighted by Gasteiger charge is -2.54. The summed E-state index contributed by atoms with van der Waals surface area (Å²) < 4.78 is 5.74. The van der Waals surface area contributed by atoms with E-state index in [1.165, 1.54) is 11.3 Å². The van der Waals surface area contributed by atoms with E-state index in [4.69, 9.17) is 4.74 Å². The van der Waals surface area contributed by atoms with E-state index in [9.17, 15) is 4.79 Å². The second-order valence-corrected chi connectivity index (χ2v) is 7.45. The maximum Gasteiger partial charge on any atom is 0.321 e. The fourth-order valence-corrected chi connectivity index (χ4v) is 4.35. The molecule has 2 fully saturated rings. The summed E-state index contributed by atoms with van der Waals surface area (Å²) in [6.07, 6.45) is 3.23. The number of carbonyl (C=O) groups is 1. The van der Waals surface area contributed by atoms with E-state index in [1.54, 1.807) is 0 Å². The molecule has 1 aliphatic heterocycles. The van der Waals surface area contributed by atoms with E-state index in [1.807, 2.05) is 0 Å². The molecule has 1 aliphatic carbocycles. The maximum absolute atomic E-state index is 12.1. The van der Waals surface area contributed by atoms with E-state index in [2.05, 4.69) is 41.6 Å². The van der Waals surface area contributed by atoms with Gasteiger partial charge in [0.05, 0.1) is 6.10 Å². The second-order valence-electron chi connectivity index (χ2n) is 6.39. The van der Waals surface area contributed by atoms with Gasteiger partial charge in [0.1, 0.15) is 5.01 Å². The molecule has 0 unspecified atom stereocenters. The van der Waals surface area contributed by atoms with Gasteiger partial charge in [-0.15, -0.1) is 10.2 Å². The lowest BCUT2D eigenvalue weighted by Crippen LogP contribution is -2.67. The summed E-state index contributed by atoms with van der Waals surface area (Å²) >= 11 is 1.44. The van der Waals surface area contributed by atoms with Crippen LogP contribution in [0.5, 0.6) is 0 Å². The van der Waals surface area contributed by atoms with Crippen molar-refractivity contribution in [2.24, 2.45) is 11.3 Å². The summed E-state index contributed by atoms with van der Waals surface area (Å²) in [5.74, 6) is 0.441. The molecule has 0 bridgehead atoms. The van der Waals surface area contributed by atoms with Gasteiger partial charge >= 0.3 is 6.03 Å². The van der Waals surface area contributed by atoms with Gasteiger partial charge in [0, 0.05) is 30.4 Å². The van der Waals surface area contributed by atoms with Crippen molar-refractivity contribution in [1.29, 1.82) is 0 Å². The molecule has 2 N–H and O–H groups in total. The molecule has 0 radical (unpaired) electrons. The molecular weight excluding hydrogens is 288 g/mol. The quantitative estimate of drug-likeness (QED) is 0.895.